The fourth-order valence-corrected chi connectivity index (χ4v) is 4.04. The highest BCUT2D eigenvalue weighted by Crippen LogP contribution is 2.36. The largest absolute Gasteiger partial charge is 0.350 e. The first-order valence-corrected chi connectivity index (χ1v) is 9.67. The Morgan fingerprint density at radius 3 is 2.54 bits per heavy atom. The lowest BCUT2D eigenvalue weighted by Crippen LogP contribution is -2.32. The van der Waals surface area contributed by atoms with Crippen molar-refractivity contribution < 1.29 is 14.0 Å². The second kappa shape index (κ2) is 7.22. The maximum atomic E-state index is 13.7. The van der Waals surface area contributed by atoms with Gasteiger partial charge in [-0.3, -0.25) is 9.59 Å². The molecule has 1 aliphatic heterocycles. The van der Waals surface area contributed by atoms with E-state index in [9.17, 15) is 14.0 Å². The normalized spacial score (nSPS) is 14.2. The Labute approximate surface area is 169 Å². The van der Waals surface area contributed by atoms with E-state index in [2.05, 4.69) is 5.32 Å². The predicted octanol–water partition coefficient (Wildman–Crippen LogP) is 5.25. The highest BCUT2D eigenvalue weighted by Gasteiger charge is 2.40. The lowest BCUT2D eigenvalue weighted by Gasteiger charge is -2.15. The van der Waals surface area contributed by atoms with Crippen LogP contribution in [0.3, 0.4) is 0 Å². The van der Waals surface area contributed by atoms with Crippen LogP contribution in [0.4, 0.5) is 15.8 Å². The molecule has 140 valence electrons. The Hall–Kier alpha value is -2.96. The zero-order valence-corrected chi connectivity index (χ0v) is 16.3. The number of carbonyl (C=O) groups excluding carboxylic acids is 2. The van der Waals surface area contributed by atoms with Gasteiger partial charge in [-0.2, -0.15) is 0 Å². The summed E-state index contributed by atoms with van der Waals surface area (Å²) in [6.45, 7) is 1.85. The second-order valence-electron chi connectivity index (χ2n) is 6.24. The molecule has 4 rings (SSSR count). The third-order valence-electron chi connectivity index (χ3n) is 4.37. The number of nitrogens with zero attached hydrogens (tertiary/aromatic N) is 1. The number of hydrogen-bond acceptors (Lipinski definition) is 4. The monoisotopic (exact) mass is 412 g/mol. The van der Waals surface area contributed by atoms with Crippen LogP contribution in [0.15, 0.2) is 65.7 Å². The number of amides is 2. The summed E-state index contributed by atoms with van der Waals surface area (Å²) in [4.78, 5) is 27.9. The smallest absolute Gasteiger partial charge is 0.282 e. The standard InChI is InChI=1S/C21H14ClFN2O2S/c1-12-10-13(22)7-8-16(12)24-19-18(17-6-3-9-28-17)20(26)25(21(19)27)15-5-2-4-14(23)11-15/h2-11,24H,1H3. The molecule has 7 heteroatoms. The van der Waals surface area contributed by atoms with Crippen LogP contribution in [0.1, 0.15) is 10.4 Å². The lowest BCUT2D eigenvalue weighted by atomic mass is 10.1. The Balaban J connectivity index is 1.82. The van der Waals surface area contributed by atoms with Gasteiger partial charge < -0.3 is 5.32 Å². The van der Waals surface area contributed by atoms with E-state index in [0.29, 0.717) is 15.6 Å². The van der Waals surface area contributed by atoms with Crippen LogP contribution in [-0.2, 0) is 9.59 Å². The predicted molar refractivity (Wildman–Crippen MR) is 110 cm³/mol. The molecule has 2 heterocycles. The minimum absolute atomic E-state index is 0.155. The van der Waals surface area contributed by atoms with Crippen molar-refractivity contribution in [3.05, 3.63) is 87.0 Å². The van der Waals surface area contributed by atoms with Gasteiger partial charge in [0.15, 0.2) is 0 Å². The van der Waals surface area contributed by atoms with Crippen molar-refractivity contribution in [1.82, 2.24) is 0 Å². The summed E-state index contributed by atoms with van der Waals surface area (Å²) < 4.78 is 13.7. The average molecular weight is 413 g/mol. The van der Waals surface area contributed by atoms with E-state index < -0.39 is 17.6 Å². The van der Waals surface area contributed by atoms with Gasteiger partial charge in [0.1, 0.15) is 11.5 Å². The second-order valence-corrected chi connectivity index (χ2v) is 7.62. The van der Waals surface area contributed by atoms with Crippen LogP contribution in [-0.4, -0.2) is 11.8 Å². The molecule has 0 unspecified atom stereocenters. The number of imide groups is 1. The SMILES string of the molecule is Cc1cc(Cl)ccc1NC1=C(c2cccs2)C(=O)N(c2cccc(F)c2)C1=O. The summed E-state index contributed by atoms with van der Waals surface area (Å²) in [5.74, 6) is -1.55. The molecule has 1 aliphatic rings. The number of rotatable bonds is 4. The van der Waals surface area contributed by atoms with E-state index in [0.717, 1.165) is 10.5 Å². The van der Waals surface area contributed by atoms with Gasteiger partial charge in [0, 0.05) is 15.6 Å². The summed E-state index contributed by atoms with van der Waals surface area (Å²) in [5.41, 5.74) is 2.10. The highest BCUT2D eigenvalue weighted by molar-refractivity contribution is 7.11. The minimum Gasteiger partial charge on any atom is -0.350 e. The van der Waals surface area contributed by atoms with Gasteiger partial charge in [0.05, 0.1) is 11.3 Å². The Morgan fingerprint density at radius 2 is 1.86 bits per heavy atom. The first-order valence-electron chi connectivity index (χ1n) is 8.41. The quantitative estimate of drug-likeness (QED) is 0.596. The molecule has 1 N–H and O–H groups in total. The molecule has 0 bridgehead atoms. The summed E-state index contributed by atoms with van der Waals surface area (Å²) in [6, 6.07) is 14.2. The first-order chi connectivity index (χ1) is 13.5. The van der Waals surface area contributed by atoms with E-state index in [1.165, 1.54) is 35.6 Å². The number of anilines is 2. The van der Waals surface area contributed by atoms with Gasteiger partial charge in [-0.1, -0.05) is 23.7 Å². The first kappa shape index (κ1) is 18.4. The molecule has 0 fully saturated rings. The fourth-order valence-electron chi connectivity index (χ4n) is 3.05. The molecule has 2 amide bonds. The zero-order chi connectivity index (χ0) is 19.8. The fraction of sp³-hybridized carbons (Fsp3) is 0.0476. The van der Waals surface area contributed by atoms with Crippen LogP contribution in [0.5, 0.6) is 0 Å². The molecule has 0 spiro atoms. The van der Waals surface area contributed by atoms with E-state index in [1.807, 2.05) is 12.3 Å². The van der Waals surface area contributed by atoms with Gasteiger partial charge >= 0.3 is 0 Å². The topological polar surface area (TPSA) is 49.4 Å². The number of carbonyl (C=O) groups is 2. The summed E-state index contributed by atoms with van der Waals surface area (Å²) >= 11 is 7.36. The number of benzene rings is 2. The third-order valence-corrected chi connectivity index (χ3v) is 5.49. The van der Waals surface area contributed by atoms with Crippen molar-refractivity contribution in [2.45, 2.75) is 6.92 Å². The summed E-state index contributed by atoms with van der Waals surface area (Å²) in [7, 11) is 0. The highest BCUT2D eigenvalue weighted by atomic mass is 35.5. The molecule has 0 radical (unpaired) electrons. The maximum Gasteiger partial charge on any atom is 0.282 e. The van der Waals surface area contributed by atoms with Gasteiger partial charge in [-0.15, -0.1) is 11.3 Å². The molecule has 0 aliphatic carbocycles. The molecule has 2 aromatic carbocycles. The van der Waals surface area contributed by atoms with Crippen molar-refractivity contribution in [3.63, 3.8) is 0 Å². The maximum absolute atomic E-state index is 13.7. The number of hydrogen-bond donors (Lipinski definition) is 1. The van der Waals surface area contributed by atoms with Crippen LogP contribution in [0.2, 0.25) is 5.02 Å². The van der Waals surface area contributed by atoms with Crippen LogP contribution < -0.4 is 10.2 Å². The molecule has 28 heavy (non-hydrogen) atoms. The molecular formula is C21H14ClFN2O2S. The Kier molecular flexibility index (Phi) is 4.75. The third kappa shape index (κ3) is 3.21. The van der Waals surface area contributed by atoms with Crippen molar-refractivity contribution in [2.75, 3.05) is 10.2 Å². The van der Waals surface area contributed by atoms with Gasteiger partial charge in [0.2, 0.25) is 0 Å². The van der Waals surface area contributed by atoms with Crippen molar-refractivity contribution >= 4 is 51.7 Å². The number of thiophene rings is 1. The average Bonchev–Trinajstić information content (AvgIpc) is 3.24. The van der Waals surface area contributed by atoms with Crippen LogP contribution in [0.25, 0.3) is 5.57 Å². The summed E-state index contributed by atoms with van der Waals surface area (Å²) in [5, 5.41) is 5.50. The number of halogens is 2. The molecular weight excluding hydrogens is 399 g/mol. The van der Waals surface area contributed by atoms with Crippen LogP contribution in [0, 0.1) is 12.7 Å². The van der Waals surface area contributed by atoms with Gasteiger partial charge in [0.25, 0.3) is 11.8 Å². The van der Waals surface area contributed by atoms with Crippen LogP contribution >= 0.6 is 22.9 Å². The van der Waals surface area contributed by atoms with Crippen molar-refractivity contribution in [2.24, 2.45) is 0 Å². The van der Waals surface area contributed by atoms with E-state index in [4.69, 9.17) is 11.6 Å². The lowest BCUT2D eigenvalue weighted by molar-refractivity contribution is -0.120. The van der Waals surface area contributed by atoms with E-state index in [-0.39, 0.29) is 17.0 Å². The molecule has 1 aromatic heterocycles. The van der Waals surface area contributed by atoms with Crippen molar-refractivity contribution in [1.29, 1.82) is 0 Å². The summed E-state index contributed by atoms with van der Waals surface area (Å²) in [6.07, 6.45) is 0. The molecule has 0 saturated heterocycles. The molecule has 0 saturated carbocycles. The number of aryl methyl sites for hydroxylation is 1. The molecule has 3 aromatic rings. The van der Waals surface area contributed by atoms with Gasteiger partial charge in [-0.25, -0.2) is 9.29 Å². The number of nitrogens with one attached hydrogen (secondary N) is 1. The van der Waals surface area contributed by atoms with E-state index in [1.54, 1.807) is 30.3 Å². The van der Waals surface area contributed by atoms with Gasteiger partial charge in [-0.05, 0) is 60.3 Å². The zero-order valence-electron chi connectivity index (χ0n) is 14.7. The Bertz CT molecular complexity index is 1130. The minimum atomic E-state index is -0.534. The van der Waals surface area contributed by atoms with E-state index >= 15 is 0 Å². The van der Waals surface area contributed by atoms with Crippen molar-refractivity contribution in [3.8, 4) is 0 Å². The molecule has 0 atom stereocenters. The molecule has 4 nitrogen and oxygen atoms in total. The Morgan fingerprint density at radius 1 is 1.04 bits per heavy atom.